The first-order chi connectivity index (χ1) is 28.3. The molecule has 0 aromatic carbocycles. The van der Waals surface area contributed by atoms with Crippen LogP contribution in [0.4, 0.5) is 9.59 Å². The topological polar surface area (TPSA) is 367 Å². The van der Waals surface area contributed by atoms with E-state index in [1.54, 1.807) is 0 Å². The summed E-state index contributed by atoms with van der Waals surface area (Å²) in [7, 11) is -22.7. The molecule has 13 N–H and O–H groups in total. The molecule has 2 amide bonds. The van der Waals surface area contributed by atoms with E-state index in [1.165, 1.54) is 0 Å². The van der Waals surface area contributed by atoms with Crippen LogP contribution in [0.1, 0.15) is 137 Å². The normalized spacial score (nSPS) is 31.8. The summed E-state index contributed by atoms with van der Waals surface area (Å²) in [6.45, 7) is 7.83. The molecule has 10 atom stereocenters. The Labute approximate surface area is 362 Å². The zero-order valence-corrected chi connectivity index (χ0v) is 39.5. The molecule has 21 nitrogen and oxygen atoms in total. The monoisotopic (exact) mass is 970 g/mol. The summed E-state index contributed by atoms with van der Waals surface area (Å²) in [6, 6.07) is 0. The Hall–Kier alpha value is -0.980. The molecule has 4 rings (SSSR count). The second-order valence-electron chi connectivity index (χ2n) is 19.1. The van der Waals surface area contributed by atoms with Gasteiger partial charge in [-0.2, -0.15) is 0 Å². The number of nitrogens with one attached hydrogen (secondary N) is 2. The number of alkyl carbamates (subject to hydrolysis) is 2. The van der Waals surface area contributed by atoms with Gasteiger partial charge in [0.2, 0.25) is 0 Å². The first-order valence-electron chi connectivity index (χ1n) is 21.6. The van der Waals surface area contributed by atoms with Crippen molar-refractivity contribution in [3.05, 3.63) is 0 Å². The van der Waals surface area contributed by atoms with Crippen molar-refractivity contribution in [3.63, 3.8) is 0 Å². The van der Waals surface area contributed by atoms with Gasteiger partial charge in [0.05, 0.1) is 5.60 Å². The third kappa shape index (κ3) is 11.2. The average Bonchev–Trinajstić information content (AvgIpc) is 3.50. The molecular formula is C37H70N2O19P4. The second kappa shape index (κ2) is 19.7. The lowest BCUT2D eigenvalue weighted by Crippen LogP contribution is -2.60. The second-order valence-corrected chi connectivity index (χ2v) is 27.1. The van der Waals surface area contributed by atoms with E-state index in [-0.39, 0.29) is 54.5 Å². The van der Waals surface area contributed by atoms with Gasteiger partial charge in [0.15, 0.2) is 0 Å². The molecule has 0 aliphatic heterocycles. The number of carbonyl (C=O) groups excluding carboxylic acids is 2. The zero-order valence-electron chi connectivity index (χ0n) is 36.0. The van der Waals surface area contributed by atoms with Crippen molar-refractivity contribution in [2.75, 3.05) is 13.1 Å². The van der Waals surface area contributed by atoms with Gasteiger partial charge in [-0.1, -0.05) is 46.5 Å². The van der Waals surface area contributed by atoms with E-state index in [0.29, 0.717) is 25.7 Å². The summed E-state index contributed by atoms with van der Waals surface area (Å²) in [5, 5.41) is 29.9. The molecule has 0 unspecified atom stereocenters. The van der Waals surface area contributed by atoms with E-state index in [9.17, 15) is 82.3 Å². The number of hydrogen-bond donors (Lipinski definition) is 13. The van der Waals surface area contributed by atoms with Gasteiger partial charge < -0.3 is 74.6 Å². The van der Waals surface area contributed by atoms with E-state index in [1.807, 2.05) is 6.92 Å². The molecular weight excluding hydrogens is 900 g/mol. The Kier molecular flexibility index (Phi) is 17.0. The fourth-order valence-electron chi connectivity index (χ4n) is 11.9. The molecule has 0 heterocycles. The van der Waals surface area contributed by atoms with Crippen molar-refractivity contribution >= 4 is 42.6 Å². The van der Waals surface area contributed by atoms with Crippen LogP contribution in [0.15, 0.2) is 0 Å². The molecule has 4 aliphatic carbocycles. The predicted molar refractivity (Wildman–Crippen MR) is 223 cm³/mol. The van der Waals surface area contributed by atoms with Crippen molar-refractivity contribution < 1.29 is 91.8 Å². The Morgan fingerprint density at radius 2 is 1.10 bits per heavy atom. The minimum Gasteiger partial charge on any atom is -0.446 e. The Balaban J connectivity index is 1.50. The van der Waals surface area contributed by atoms with Crippen molar-refractivity contribution in [1.29, 1.82) is 0 Å². The molecule has 4 saturated carbocycles. The fourth-order valence-corrected chi connectivity index (χ4v) is 16.4. The van der Waals surface area contributed by atoms with Gasteiger partial charge in [0, 0.05) is 31.8 Å². The molecule has 362 valence electrons. The van der Waals surface area contributed by atoms with Crippen LogP contribution in [0, 0.1) is 40.4 Å². The summed E-state index contributed by atoms with van der Waals surface area (Å²) in [6.07, 6.45) is 4.04. The molecule has 0 aromatic rings. The Morgan fingerprint density at radius 3 is 1.60 bits per heavy atom. The van der Waals surface area contributed by atoms with Gasteiger partial charge >= 0.3 is 42.6 Å². The third-order valence-electron chi connectivity index (χ3n) is 15.2. The quantitative estimate of drug-likeness (QED) is 0.0579. The molecule has 4 aliphatic rings. The third-order valence-corrected chi connectivity index (χ3v) is 23.0. The van der Waals surface area contributed by atoms with Crippen LogP contribution in [-0.4, -0.2) is 108 Å². The van der Waals surface area contributed by atoms with Gasteiger partial charge in [-0.05, 0) is 112 Å². The number of carbonyl (C=O) groups is 2. The molecule has 25 heteroatoms. The largest absolute Gasteiger partial charge is 0.446 e. The summed E-state index contributed by atoms with van der Waals surface area (Å²) in [4.78, 5) is 102. The highest BCUT2D eigenvalue weighted by molar-refractivity contribution is 7.72. The van der Waals surface area contributed by atoms with Gasteiger partial charge in [-0.25, -0.2) is 9.59 Å². The van der Waals surface area contributed by atoms with Crippen LogP contribution in [0.2, 0.25) is 0 Å². The van der Waals surface area contributed by atoms with E-state index in [2.05, 4.69) is 31.4 Å². The first-order valence-corrected chi connectivity index (χ1v) is 28.0. The zero-order chi connectivity index (χ0) is 47.0. The van der Waals surface area contributed by atoms with Crippen molar-refractivity contribution in [3.8, 4) is 0 Å². The maximum atomic E-state index is 13.4. The minimum atomic E-state index is -5.70. The number of hydrogen-bond acceptors (Lipinski definition) is 11. The maximum absolute atomic E-state index is 13.4. The molecule has 0 spiro atoms. The van der Waals surface area contributed by atoms with Crippen LogP contribution in [0.25, 0.3) is 0 Å². The van der Waals surface area contributed by atoms with Gasteiger partial charge in [0.25, 0.3) is 10.2 Å². The minimum absolute atomic E-state index is 0.0701. The predicted octanol–water partition coefficient (Wildman–Crippen LogP) is 4.73. The van der Waals surface area contributed by atoms with Crippen LogP contribution in [0.5, 0.6) is 0 Å². The summed E-state index contributed by atoms with van der Waals surface area (Å²) < 4.78 is 58.9. The number of unbranched alkanes of at least 4 members (excludes halogenated alkanes) is 3. The number of fused-ring (bicyclic) bond motifs is 5. The van der Waals surface area contributed by atoms with Crippen LogP contribution in [-0.2, 0) is 27.7 Å². The Morgan fingerprint density at radius 1 is 0.613 bits per heavy atom. The molecule has 0 bridgehead atoms. The van der Waals surface area contributed by atoms with Crippen molar-refractivity contribution in [2.45, 2.75) is 165 Å². The van der Waals surface area contributed by atoms with Gasteiger partial charge in [0.1, 0.15) is 12.2 Å². The average molecular weight is 971 g/mol. The smallest absolute Gasteiger partial charge is 0.407 e. The molecule has 4 fully saturated rings. The molecule has 0 radical (unpaired) electrons. The molecule has 62 heavy (non-hydrogen) atoms. The van der Waals surface area contributed by atoms with E-state index in [4.69, 9.17) is 9.47 Å². The summed E-state index contributed by atoms with van der Waals surface area (Å²) in [5.41, 5.74) is -1.43. The molecule has 0 saturated heterocycles. The highest BCUT2D eigenvalue weighted by Crippen LogP contribution is 2.71. The SMILES string of the molecule is CCCCCC[C@](C)(O)[C@H]1CC[C@H]2[C@@H]3C[C@H](OC(=O)NCCCC(O)(P(=O)(O)O)P(=O)(O)O)[C@H]4C[C@@H](OC(=O)NCCCC(O)(P(=O)(O)O)P(=O)(O)O)CC[C@]4(C)[C@H]3CC[C@@]21C. The van der Waals surface area contributed by atoms with Gasteiger partial charge in [-0.15, -0.1) is 0 Å². The summed E-state index contributed by atoms with van der Waals surface area (Å²) >= 11 is 0. The van der Waals surface area contributed by atoms with E-state index < -0.39 is 102 Å². The summed E-state index contributed by atoms with van der Waals surface area (Å²) in [5.74, 6) is 0.264. The number of amides is 2. The lowest BCUT2D eigenvalue weighted by molar-refractivity contribution is -0.179. The Bertz CT molecular complexity index is 1740. The number of aliphatic hydroxyl groups is 3. The fraction of sp³-hybridized carbons (Fsp3) is 0.946. The van der Waals surface area contributed by atoms with E-state index >= 15 is 0 Å². The standard InChI is InChI=1S/C37H70N2O19P4/c1-5-6-7-8-15-35(4,42)30-12-11-26-25-23-29(58-32(41)39-21-10-17-37(44,61(51,52)53)62(54,55)56)28-22-24(13-18-33(28,2)27(25)14-19-34(26,30)3)57-31(40)38-20-9-16-36(43,59(45,46)47)60(48,49)50/h24-30,42-44H,5-23H2,1-4H3,(H,38,40)(H,39,41)(H2,45,46,47)(H2,48,49,50)(H2,51,52,53)(H2,54,55,56)/t24-,25-,26-,27-,28+,29-,30-,33+,34-,35-/m0/s1. The highest BCUT2D eigenvalue weighted by Gasteiger charge is 2.65. The van der Waals surface area contributed by atoms with Crippen LogP contribution >= 0.6 is 30.4 Å². The van der Waals surface area contributed by atoms with Gasteiger partial charge in [-0.3, -0.25) is 18.3 Å². The number of rotatable bonds is 20. The lowest BCUT2D eigenvalue weighted by atomic mass is 9.43. The van der Waals surface area contributed by atoms with E-state index in [0.717, 1.165) is 51.4 Å². The first kappa shape index (κ1) is 53.6. The maximum Gasteiger partial charge on any atom is 0.407 e. The van der Waals surface area contributed by atoms with Crippen molar-refractivity contribution in [1.82, 2.24) is 10.6 Å². The lowest BCUT2D eigenvalue weighted by Gasteiger charge is -2.63. The van der Waals surface area contributed by atoms with Crippen molar-refractivity contribution in [2.24, 2.45) is 40.4 Å². The number of ether oxygens (including phenoxy) is 2. The van der Waals surface area contributed by atoms with Crippen LogP contribution < -0.4 is 10.6 Å². The molecule has 0 aromatic heterocycles. The highest BCUT2D eigenvalue weighted by atomic mass is 31.2. The van der Waals surface area contributed by atoms with Crippen LogP contribution in [0.3, 0.4) is 0 Å².